The van der Waals surface area contributed by atoms with Crippen molar-refractivity contribution < 1.29 is 24.5 Å². The van der Waals surface area contributed by atoms with Crippen LogP contribution < -0.4 is 5.32 Å². The van der Waals surface area contributed by atoms with Crippen LogP contribution in [-0.4, -0.2) is 46.9 Å². The Morgan fingerprint density at radius 1 is 0.460 bits per heavy atom. The van der Waals surface area contributed by atoms with Gasteiger partial charge >= 0.3 is 5.97 Å². The van der Waals surface area contributed by atoms with Gasteiger partial charge in [-0.05, 0) is 57.8 Å². The number of ether oxygens (including phenoxy) is 1. The first kappa shape index (κ1) is 61.3. The summed E-state index contributed by atoms with van der Waals surface area (Å²) in [5, 5.41) is 23.9. The van der Waals surface area contributed by atoms with Gasteiger partial charge in [-0.15, -0.1) is 0 Å². The van der Waals surface area contributed by atoms with Crippen molar-refractivity contribution in [3.8, 4) is 0 Å². The molecule has 372 valence electrons. The van der Waals surface area contributed by atoms with Gasteiger partial charge < -0.3 is 20.3 Å². The van der Waals surface area contributed by atoms with Gasteiger partial charge in [0.1, 0.15) is 6.10 Å². The van der Waals surface area contributed by atoms with E-state index in [9.17, 15) is 19.8 Å². The summed E-state index contributed by atoms with van der Waals surface area (Å²) in [7, 11) is 0. The van der Waals surface area contributed by atoms with E-state index in [0.717, 1.165) is 64.2 Å². The molecule has 0 aliphatic carbocycles. The lowest BCUT2D eigenvalue weighted by molar-refractivity contribution is -0.151. The summed E-state index contributed by atoms with van der Waals surface area (Å²) in [6, 6.07) is -0.702. The SMILES string of the molecule is CCCCC/C=C\C/C=C\CCCCCCCC(CC(=O)NC(CO)C(O)CCCCCCCCCCCCCCCCCC)OC(=O)CCCCCCCCCCCCCCC. The second-order valence-electron chi connectivity index (χ2n) is 19.3. The van der Waals surface area contributed by atoms with E-state index in [1.54, 1.807) is 0 Å². The molecule has 6 heteroatoms. The van der Waals surface area contributed by atoms with Crippen molar-refractivity contribution >= 4 is 11.9 Å². The van der Waals surface area contributed by atoms with Crippen molar-refractivity contribution in [2.75, 3.05) is 6.61 Å². The Morgan fingerprint density at radius 2 is 0.810 bits per heavy atom. The highest BCUT2D eigenvalue weighted by atomic mass is 16.5. The molecule has 3 unspecified atom stereocenters. The van der Waals surface area contributed by atoms with Crippen molar-refractivity contribution in [2.45, 2.75) is 322 Å². The summed E-state index contributed by atoms with van der Waals surface area (Å²) in [6.07, 6.45) is 59.5. The minimum absolute atomic E-state index is 0.0739. The lowest BCUT2D eigenvalue weighted by Gasteiger charge is -2.24. The molecule has 0 spiro atoms. The maximum Gasteiger partial charge on any atom is 0.306 e. The van der Waals surface area contributed by atoms with Crippen LogP contribution in [0.5, 0.6) is 0 Å². The predicted molar refractivity (Wildman–Crippen MR) is 273 cm³/mol. The van der Waals surface area contributed by atoms with Crippen LogP contribution in [0.2, 0.25) is 0 Å². The minimum Gasteiger partial charge on any atom is -0.462 e. The monoisotopic (exact) mass is 888 g/mol. The number of unbranched alkanes of at least 4 members (excludes halogenated alkanes) is 35. The van der Waals surface area contributed by atoms with Gasteiger partial charge in [0.25, 0.3) is 0 Å². The molecule has 0 saturated carbocycles. The highest BCUT2D eigenvalue weighted by molar-refractivity contribution is 5.77. The molecule has 3 N–H and O–H groups in total. The Labute approximate surface area is 392 Å². The van der Waals surface area contributed by atoms with Crippen molar-refractivity contribution in [2.24, 2.45) is 0 Å². The molecular weight excluding hydrogens is 779 g/mol. The van der Waals surface area contributed by atoms with Crippen LogP contribution in [0.15, 0.2) is 24.3 Å². The summed E-state index contributed by atoms with van der Waals surface area (Å²) in [5.41, 5.74) is 0. The molecule has 0 saturated heterocycles. The lowest BCUT2D eigenvalue weighted by atomic mass is 10.0. The summed E-state index contributed by atoms with van der Waals surface area (Å²) in [5.74, 6) is -0.470. The zero-order valence-corrected chi connectivity index (χ0v) is 42.5. The van der Waals surface area contributed by atoms with Crippen LogP contribution in [-0.2, 0) is 14.3 Å². The van der Waals surface area contributed by atoms with E-state index < -0.39 is 18.2 Å². The lowest BCUT2D eigenvalue weighted by Crippen LogP contribution is -2.46. The normalized spacial score (nSPS) is 13.3. The molecule has 1 amide bonds. The first-order valence-electron chi connectivity index (χ1n) is 28.1. The third kappa shape index (κ3) is 46.7. The molecule has 3 atom stereocenters. The third-order valence-corrected chi connectivity index (χ3v) is 13.0. The minimum atomic E-state index is -0.788. The van der Waals surface area contributed by atoms with E-state index in [0.29, 0.717) is 19.3 Å². The van der Waals surface area contributed by atoms with Crippen molar-refractivity contribution in [1.29, 1.82) is 0 Å². The molecule has 0 fully saturated rings. The molecule has 0 aliphatic rings. The Balaban J connectivity index is 4.53. The number of esters is 1. The van der Waals surface area contributed by atoms with Crippen LogP contribution >= 0.6 is 0 Å². The number of carbonyl (C=O) groups is 2. The van der Waals surface area contributed by atoms with Crippen LogP contribution in [0.25, 0.3) is 0 Å². The van der Waals surface area contributed by atoms with Gasteiger partial charge in [-0.1, -0.05) is 257 Å². The second-order valence-corrected chi connectivity index (χ2v) is 19.3. The van der Waals surface area contributed by atoms with Crippen LogP contribution in [0.4, 0.5) is 0 Å². The van der Waals surface area contributed by atoms with E-state index in [1.807, 2.05) is 0 Å². The van der Waals surface area contributed by atoms with Gasteiger partial charge in [-0.25, -0.2) is 0 Å². The van der Waals surface area contributed by atoms with Gasteiger partial charge in [0.2, 0.25) is 5.91 Å². The number of allylic oxidation sites excluding steroid dienone is 4. The standard InChI is InChI=1S/C57H109NO5/c1-4-7-10-13-16-19-22-25-27-29-32-34-37-40-43-46-49-55(60)54(52-59)58-56(61)51-53(48-45-42-39-36-33-31-28-26-23-20-17-14-11-8-5-2)63-57(62)50-47-44-41-38-35-30-24-21-18-15-12-9-6-3/h17,20,26,28,53-55,59-60H,4-16,18-19,21-25,27,29-52H2,1-3H3,(H,58,61)/b20-17-,28-26-. The van der Waals surface area contributed by atoms with Crippen LogP contribution in [0, 0.1) is 0 Å². The molecule has 0 aromatic heterocycles. The Bertz CT molecular complexity index is 997. The molecule has 0 aliphatic heterocycles. The van der Waals surface area contributed by atoms with E-state index in [-0.39, 0.29) is 24.9 Å². The Hall–Kier alpha value is -1.66. The molecule has 0 rings (SSSR count). The molecule has 0 radical (unpaired) electrons. The van der Waals surface area contributed by atoms with Gasteiger partial charge in [0.15, 0.2) is 0 Å². The molecular formula is C57H109NO5. The first-order valence-corrected chi connectivity index (χ1v) is 28.1. The smallest absolute Gasteiger partial charge is 0.306 e. The summed E-state index contributed by atoms with van der Waals surface area (Å²) < 4.78 is 5.95. The number of nitrogens with one attached hydrogen (secondary N) is 1. The number of rotatable bonds is 51. The largest absolute Gasteiger partial charge is 0.462 e. The van der Waals surface area contributed by atoms with E-state index >= 15 is 0 Å². The van der Waals surface area contributed by atoms with E-state index in [1.165, 1.54) is 193 Å². The van der Waals surface area contributed by atoms with Crippen molar-refractivity contribution in [1.82, 2.24) is 5.32 Å². The number of hydrogen-bond donors (Lipinski definition) is 3. The maximum atomic E-state index is 13.2. The zero-order valence-electron chi connectivity index (χ0n) is 42.5. The predicted octanol–water partition coefficient (Wildman–Crippen LogP) is 17.1. The highest BCUT2D eigenvalue weighted by Crippen LogP contribution is 2.19. The summed E-state index contributed by atoms with van der Waals surface area (Å²) in [4.78, 5) is 26.2. The highest BCUT2D eigenvalue weighted by Gasteiger charge is 2.24. The molecule has 0 bridgehead atoms. The molecule has 0 aromatic carbocycles. The van der Waals surface area contributed by atoms with Gasteiger partial charge in [-0.3, -0.25) is 9.59 Å². The number of amides is 1. The van der Waals surface area contributed by atoms with Crippen LogP contribution in [0.1, 0.15) is 303 Å². The van der Waals surface area contributed by atoms with E-state index in [4.69, 9.17) is 4.74 Å². The van der Waals surface area contributed by atoms with Gasteiger partial charge in [-0.2, -0.15) is 0 Å². The van der Waals surface area contributed by atoms with Crippen LogP contribution in [0.3, 0.4) is 0 Å². The average Bonchev–Trinajstić information content (AvgIpc) is 3.28. The van der Waals surface area contributed by atoms with Crippen molar-refractivity contribution in [3.63, 3.8) is 0 Å². The fourth-order valence-electron chi connectivity index (χ4n) is 8.76. The maximum absolute atomic E-state index is 13.2. The average molecular weight is 889 g/mol. The topological polar surface area (TPSA) is 95.9 Å². The third-order valence-electron chi connectivity index (χ3n) is 13.0. The number of hydrogen-bond acceptors (Lipinski definition) is 5. The summed E-state index contributed by atoms with van der Waals surface area (Å²) in [6.45, 7) is 6.49. The number of aliphatic hydroxyl groups is 2. The number of carbonyl (C=O) groups excluding carboxylic acids is 2. The molecule has 0 aromatic rings. The quantitative estimate of drug-likeness (QED) is 0.0321. The molecule has 63 heavy (non-hydrogen) atoms. The fourth-order valence-corrected chi connectivity index (χ4v) is 8.76. The molecule has 0 heterocycles. The van der Waals surface area contributed by atoms with Gasteiger partial charge in [0, 0.05) is 6.42 Å². The second kappa shape index (κ2) is 51.3. The summed E-state index contributed by atoms with van der Waals surface area (Å²) >= 11 is 0. The fraction of sp³-hybridized carbons (Fsp3) is 0.895. The van der Waals surface area contributed by atoms with Gasteiger partial charge in [0.05, 0.1) is 25.2 Å². The van der Waals surface area contributed by atoms with Crippen molar-refractivity contribution in [3.05, 3.63) is 24.3 Å². The number of aliphatic hydroxyl groups excluding tert-OH is 2. The van der Waals surface area contributed by atoms with E-state index in [2.05, 4.69) is 50.4 Å². The zero-order chi connectivity index (χ0) is 45.9. The molecule has 6 nitrogen and oxygen atoms in total. The Kier molecular flexibility index (Phi) is 50.0. The Morgan fingerprint density at radius 3 is 1.24 bits per heavy atom. The first-order chi connectivity index (χ1) is 31.0.